The number of rotatable bonds is 8. The van der Waals surface area contributed by atoms with Gasteiger partial charge in [0.05, 0.1) is 11.1 Å². The molecule has 27 heavy (non-hydrogen) atoms. The molecule has 0 fully saturated rings. The summed E-state index contributed by atoms with van der Waals surface area (Å²) >= 11 is 0. The molecular formula is C20H19NO6. The molecular weight excluding hydrogens is 350 g/mol. The van der Waals surface area contributed by atoms with E-state index in [1.165, 1.54) is 12.1 Å². The summed E-state index contributed by atoms with van der Waals surface area (Å²) in [4.78, 5) is 33.8. The summed E-state index contributed by atoms with van der Waals surface area (Å²) in [6, 6.07) is 13.2. The van der Waals surface area contributed by atoms with E-state index in [0.717, 1.165) is 11.6 Å². The Bertz CT molecular complexity index is 845. The molecule has 0 aliphatic heterocycles. The predicted octanol–water partition coefficient (Wildman–Crippen LogP) is 3.41. The van der Waals surface area contributed by atoms with Gasteiger partial charge in [-0.1, -0.05) is 48.6 Å². The molecule has 0 saturated carbocycles. The van der Waals surface area contributed by atoms with E-state index in [0.29, 0.717) is 18.5 Å². The van der Waals surface area contributed by atoms with Gasteiger partial charge in [0, 0.05) is 6.54 Å². The van der Waals surface area contributed by atoms with Crippen molar-refractivity contribution in [1.29, 1.82) is 0 Å². The van der Waals surface area contributed by atoms with E-state index in [1.807, 2.05) is 30.3 Å². The number of carboxylic acid groups (broad SMARTS) is 2. The van der Waals surface area contributed by atoms with Crippen LogP contribution in [0.15, 0.2) is 54.6 Å². The van der Waals surface area contributed by atoms with Gasteiger partial charge in [-0.3, -0.25) is 0 Å². The lowest BCUT2D eigenvalue weighted by atomic mass is 10.0. The molecule has 0 spiro atoms. The largest absolute Gasteiger partial charge is 0.478 e. The second-order valence-electron chi connectivity index (χ2n) is 5.59. The first-order valence-corrected chi connectivity index (χ1v) is 8.19. The standard InChI is InChI=1S/C20H19NO6/c22-18(23)16-10-9-15(17(12-16)19(24)25)8-4-5-11-21-20(26)27-13-14-6-2-1-3-7-14/h1-4,6-10,12H,5,11,13H2,(H,21,26)(H,22,23)(H,24,25). The van der Waals surface area contributed by atoms with Crippen LogP contribution in [0.5, 0.6) is 0 Å². The molecule has 140 valence electrons. The molecule has 0 bridgehead atoms. The molecule has 0 atom stereocenters. The van der Waals surface area contributed by atoms with Crippen LogP contribution >= 0.6 is 0 Å². The molecule has 0 aromatic heterocycles. The summed E-state index contributed by atoms with van der Waals surface area (Å²) in [6.45, 7) is 0.500. The van der Waals surface area contributed by atoms with Crippen LogP contribution < -0.4 is 5.32 Å². The second-order valence-corrected chi connectivity index (χ2v) is 5.59. The highest BCUT2D eigenvalue weighted by atomic mass is 16.5. The molecule has 2 rings (SSSR count). The Balaban J connectivity index is 1.81. The predicted molar refractivity (Wildman–Crippen MR) is 98.6 cm³/mol. The normalized spacial score (nSPS) is 10.5. The number of carbonyl (C=O) groups is 3. The third-order valence-electron chi connectivity index (χ3n) is 3.62. The number of carbonyl (C=O) groups excluding carboxylic acids is 1. The minimum Gasteiger partial charge on any atom is -0.478 e. The number of aromatic carboxylic acids is 2. The molecule has 7 heteroatoms. The van der Waals surface area contributed by atoms with Crippen LogP contribution in [0.2, 0.25) is 0 Å². The molecule has 0 heterocycles. The van der Waals surface area contributed by atoms with Gasteiger partial charge in [0.2, 0.25) is 0 Å². The monoisotopic (exact) mass is 369 g/mol. The lowest BCUT2D eigenvalue weighted by molar-refractivity contribution is 0.0695. The Morgan fingerprint density at radius 2 is 1.74 bits per heavy atom. The molecule has 1 amide bonds. The fraction of sp³-hybridized carbons (Fsp3) is 0.150. The summed E-state index contributed by atoms with van der Waals surface area (Å²) in [5.74, 6) is -2.40. The van der Waals surface area contributed by atoms with Crippen LogP contribution in [0, 0.1) is 0 Å². The zero-order valence-electron chi connectivity index (χ0n) is 14.4. The number of hydrogen-bond donors (Lipinski definition) is 3. The maximum absolute atomic E-state index is 11.6. The second kappa shape index (κ2) is 9.76. The van der Waals surface area contributed by atoms with Crippen molar-refractivity contribution >= 4 is 24.1 Å². The zero-order valence-corrected chi connectivity index (χ0v) is 14.4. The van der Waals surface area contributed by atoms with E-state index >= 15 is 0 Å². The molecule has 3 N–H and O–H groups in total. The van der Waals surface area contributed by atoms with Gasteiger partial charge in [0.15, 0.2) is 0 Å². The fourth-order valence-electron chi connectivity index (χ4n) is 2.26. The quantitative estimate of drug-likeness (QED) is 0.615. The molecule has 0 saturated heterocycles. The molecule has 0 aliphatic rings. The number of nitrogens with one attached hydrogen (secondary N) is 1. The van der Waals surface area contributed by atoms with E-state index in [4.69, 9.17) is 9.84 Å². The molecule has 0 unspecified atom stereocenters. The summed E-state index contributed by atoms with van der Waals surface area (Å²) in [5.41, 5.74) is 1.09. The molecule has 0 radical (unpaired) electrons. The van der Waals surface area contributed by atoms with E-state index in [-0.39, 0.29) is 17.7 Å². The Kier molecular flexibility index (Phi) is 7.13. The van der Waals surface area contributed by atoms with E-state index in [2.05, 4.69) is 5.32 Å². The van der Waals surface area contributed by atoms with Gasteiger partial charge in [0.1, 0.15) is 6.61 Å². The van der Waals surface area contributed by atoms with Gasteiger partial charge in [-0.2, -0.15) is 0 Å². The third-order valence-corrected chi connectivity index (χ3v) is 3.62. The first kappa shape index (κ1) is 19.7. The van der Waals surface area contributed by atoms with Gasteiger partial charge in [0.25, 0.3) is 0 Å². The Labute approximate surface area is 155 Å². The van der Waals surface area contributed by atoms with Crippen molar-refractivity contribution in [3.63, 3.8) is 0 Å². The first-order chi connectivity index (χ1) is 13.0. The lowest BCUT2D eigenvalue weighted by Crippen LogP contribution is -2.24. The van der Waals surface area contributed by atoms with Crippen LogP contribution in [0.1, 0.15) is 38.3 Å². The SMILES string of the molecule is O=C(NCCC=Cc1ccc(C(=O)O)cc1C(=O)O)OCc1ccccc1. The average molecular weight is 369 g/mol. The minimum absolute atomic E-state index is 0.0904. The number of amides is 1. The Morgan fingerprint density at radius 1 is 1.00 bits per heavy atom. The summed E-state index contributed by atoms with van der Waals surface area (Å²) < 4.78 is 5.07. The topological polar surface area (TPSA) is 113 Å². The van der Waals surface area contributed by atoms with Crippen molar-refractivity contribution in [1.82, 2.24) is 5.32 Å². The summed E-state index contributed by atoms with van der Waals surface area (Å²) in [6.07, 6.45) is 3.19. The van der Waals surface area contributed by atoms with Crippen molar-refractivity contribution in [2.45, 2.75) is 13.0 Å². The summed E-state index contributed by atoms with van der Waals surface area (Å²) in [5, 5.41) is 20.7. The maximum Gasteiger partial charge on any atom is 0.407 e. The molecule has 0 aliphatic carbocycles. The van der Waals surface area contributed by atoms with Gasteiger partial charge in [-0.15, -0.1) is 0 Å². The molecule has 2 aromatic rings. The number of ether oxygens (including phenoxy) is 1. The lowest BCUT2D eigenvalue weighted by Gasteiger charge is -2.06. The number of benzene rings is 2. The smallest absolute Gasteiger partial charge is 0.407 e. The highest BCUT2D eigenvalue weighted by Crippen LogP contribution is 2.14. The van der Waals surface area contributed by atoms with Gasteiger partial charge in [-0.05, 0) is 29.7 Å². The van der Waals surface area contributed by atoms with Gasteiger partial charge in [-0.25, -0.2) is 14.4 Å². The van der Waals surface area contributed by atoms with E-state index < -0.39 is 18.0 Å². The van der Waals surface area contributed by atoms with Crippen LogP contribution in [-0.2, 0) is 11.3 Å². The number of alkyl carbamates (subject to hydrolysis) is 1. The maximum atomic E-state index is 11.6. The van der Waals surface area contributed by atoms with Gasteiger partial charge < -0.3 is 20.3 Å². The van der Waals surface area contributed by atoms with Crippen LogP contribution in [0.25, 0.3) is 6.08 Å². The fourth-order valence-corrected chi connectivity index (χ4v) is 2.26. The van der Waals surface area contributed by atoms with Crippen molar-refractivity contribution < 1.29 is 29.3 Å². The zero-order chi connectivity index (χ0) is 19.6. The van der Waals surface area contributed by atoms with Crippen LogP contribution in [0.3, 0.4) is 0 Å². The van der Waals surface area contributed by atoms with Crippen LogP contribution in [0.4, 0.5) is 4.79 Å². The van der Waals surface area contributed by atoms with Crippen molar-refractivity contribution in [2.24, 2.45) is 0 Å². The Hall–Kier alpha value is -3.61. The van der Waals surface area contributed by atoms with Crippen LogP contribution in [-0.4, -0.2) is 34.8 Å². The first-order valence-electron chi connectivity index (χ1n) is 8.19. The third kappa shape index (κ3) is 6.32. The Morgan fingerprint density at radius 3 is 2.41 bits per heavy atom. The minimum atomic E-state index is -1.21. The number of hydrogen-bond acceptors (Lipinski definition) is 4. The van der Waals surface area contributed by atoms with E-state index in [9.17, 15) is 19.5 Å². The van der Waals surface area contributed by atoms with E-state index in [1.54, 1.807) is 12.2 Å². The highest BCUT2D eigenvalue weighted by molar-refractivity contribution is 5.96. The highest BCUT2D eigenvalue weighted by Gasteiger charge is 2.12. The van der Waals surface area contributed by atoms with Crippen molar-refractivity contribution in [3.05, 3.63) is 76.9 Å². The van der Waals surface area contributed by atoms with Crippen molar-refractivity contribution in [2.75, 3.05) is 6.54 Å². The number of carboxylic acids is 2. The molecule has 7 nitrogen and oxygen atoms in total. The van der Waals surface area contributed by atoms with Crippen molar-refractivity contribution in [3.8, 4) is 0 Å². The molecule has 2 aromatic carbocycles. The van der Waals surface area contributed by atoms with Gasteiger partial charge >= 0.3 is 18.0 Å². The summed E-state index contributed by atoms with van der Waals surface area (Å²) in [7, 11) is 0. The average Bonchev–Trinajstić information content (AvgIpc) is 2.66.